The summed E-state index contributed by atoms with van der Waals surface area (Å²) in [5.74, 6) is 0.206. The summed E-state index contributed by atoms with van der Waals surface area (Å²) >= 11 is 0. The maximum Gasteiger partial charge on any atom is 0.248 e. The van der Waals surface area contributed by atoms with Gasteiger partial charge in [0.2, 0.25) is 11.8 Å². The van der Waals surface area contributed by atoms with Gasteiger partial charge in [-0.15, -0.1) is 0 Å². The third-order valence-corrected chi connectivity index (χ3v) is 4.90. The fourth-order valence-corrected chi connectivity index (χ4v) is 3.67. The molecule has 2 amide bonds. The molecule has 1 N–H and O–H groups in total. The minimum Gasteiger partial charge on any atom is -0.340 e. The Labute approximate surface area is 128 Å². The number of rotatable bonds is 7. The topological polar surface area (TPSA) is 49.4 Å². The Morgan fingerprint density at radius 1 is 1.00 bits per heavy atom. The Bertz CT molecular complexity index is 362. The monoisotopic (exact) mass is 294 g/mol. The van der Waals surface area contributed by atoms with Crippen LogP contribution in [0, 0.1) is 0 Å². The molecule has 21 heavy (non-hydrogen) atoms. The van der Waals surface area contributed by atoms with Gasteiger partial charge >= 0.3 is 0 Å². The highest BCUT2D eigenvalue weighted by molar-refractivity contribution is 5.98. The van der Waals surface area contributed by atoms with Crippen molar-refractivity contribution in [2.75, 3.05) is 13.1 Å². The van der Waals surface area contributed by atoms with Crippen LogP contribution in [-0.4, -0.2) is 35.3 Å². The summed E-state index contributed by atoms with van der Waals surface area (Å²) in [5.41, 5.74) is -0.560. The Balaban J connectivity index is 1.81. The summed E-state index contributed by atoms with van der Waals surface area (Å²) in [4.78, 5) is 26.5. The van der Waals surface area contributed by atoms with Crippen molar-refractivity contribution >= 4 is 11.8 Å². The van der Waals surface area contributed by atoms with Crippen molar-refractivity contribution in [2.24, 2.45) is 0 Å². The van der Waals surface area contributed by atoms with E-state index in [-0.39, 0.29) is 18.4 Å². The van der Waals surface area contributed by atoms with Crippen LogP contribution in [0.25, 0.3) is 0 Å². The molecule has 4 heteroatoms. The molecule has 0 atom stereocenters. The van der Waals surface area contributed by atoms with Crippen molar-refractivity contribution in [3.63, 3.8) is 0 Å². The van der Waals surface area contributed by atoms with Gasteiger partial charge < -0.3 is 10.2 Å². The normalized spacial score (nSPS) is 21.7. The summed E-state index contributed by atoms with van der Waals surface area (Å²) in [5, 5.41) is 3.00. The zero-order chi connectivity index (χ0) is 15.1. The van der Waals surface area contributed by atoms with E-state index in [2.05, 4.69) is 12.2 Å². The lowest BCUT2D eigenvalue weighted by molar-refractivity contribution is -0.151. The van der Waals surface area contributed by atoms with E-state index in [1.807, 2.05) is 4.90 Å². The average molecular weight is 294 g/mol. The van der Waals surface area contributed by atoms with Gasteiger partial charge in [-0.25, -0.2) is 0 Å². The predicted molar refractivity (Wildman–Crippen MR) is 83.9 cm³/mol. The first-order valence-corrected chi connectivity index (χ1v) is 8.78. The molecule has 0 aromatic heterocycles. The van der Waals surface area contributed by atoms with Crippen molar-refractivity contribution in [1.82, 2.24) is 10.2 Å². The second-order valence-electron chi connectivity index (χ2n) is 6.69. The molecule has 2 rings (SSSR count). The van der Waals surface area contributed by atoms with Crippen LogP contribution in [0.2, 0.25) is 0 Å². The van der Waals surface area contributed by atoms with E-state index in [9.17, 15) is 9.59 Å². The molecule has 1 saturated carbocycles. The molecule has 0 aromatic carbocycles. The van der Waals surface area contributed by atoms with E-state index < -0.39 is 5.54 Å². The lowest BCUT2D eigenvalue weighted by Crippen LogP contribution is -2.67. The molecule has 0 radical (unpaired) electrons. The second kappa shape index (κ2) is 7.81. The molecule has 120 valence electrons. The van der Waals surface area contributed by atoms with E-state index in [1.165, 1.54) is 38.5 Å². The van der Waals surface area contributed by atoms with Gasteiger partial charge in [0, 0.05) is 6.54 Å². The maximum absolute atomic E-state index is 12.7. The van der Waals surface area contributed by atoms with Crippen LogP contribution in [0.3, 0.4) is 0 Å². The van der Waals surface area contributed by atoms with E-state index in [0.29, 0.717) is 0 Å². The molecule has 1 saturated heterocycles. The molecule has 0 bridgehead atoms. The number of hydrogen-bond donors (Lipinski definition) is 1. The van der Waals surface area contributed by atoms with Crippen LogP contribution in [-0.2, 0) is 9.59 Å². The number of nitrogens with zero attached hydrogens (tertiary/aromatic N) is 1. The molecule has 1 aliphatic carbocycles. The van der Waals surface area contributed by atoms with Crippen LogP contribution >= 0.6 is 0 Å². The highest BCUT2D eigenvalue weighted by Gasteiger charge is 2.46. The number of carbonyl (C=O) groups excluding carboxylic acids is 2. The summed E-state index contributed by atoms with van der Waals surface area (Å²) < 4.78 is 0. The van der Waals surface area contributed by atoms with Gasteiger partial charge in [0.05, 0.1) is 6.54 Å². The Morgan fingerprint density at radius 2 is 1.67 bits per heavy atom. The highest BCUT2D eigenvalue weighted by atomic mass is 16.2. The first-order chi connectivity index (χ1) is 10.2. The van der Waals surface area contributed by atoms with Crippen LogP contribution in [0.15, 0.2) is 0 Å². The SMILES string of the molecule is CCCCCCCCN1CC(=O)NC2(CCCCC2)C1=O. The molecule has 0 aromatic rings. The summed E-state index contributed by atoms with van der Waals surface area (Å²) in [7, 11) is 0. The van der Waals surface area contributed by atoms with Crippen molar-refractivity contribution in [2.45, 2.75) is 83.1 Å². The van der Waals surface area contributed by atoms with Gasteiger partial charge in [-0.3, -0.25) is 9.59 Å². The number of hydrogen-bond acceptors (Lipinski definition) is 2. The Morgan fingerprint density at radius 3 is 2.38 bits per heavy atom. The number of unbranched alkanes of at least 4 members (excludes halogenated alkanes) is 5. The van der Waals surface area contributed by atoms with Gasteiger partial charge in [0.15, 0.2) is 0 Å². The molecule has 2 fully saturated rings. The summed E-state index contributed by atoms with van der Waals surface area (Å²) in [6.45, 7) is 3.23. The van der Waals surface area contributed by atoms with Crippen molar-refractivity contribution in [1.29, 1.82) is 0 Å². The Kier molecular flexibility index (Phi) is 6.07. The molecule has 4 nitrogen and oxygen atoms in total. The van der Waals surface area contributed by atoms with E-state index in [4.69, 9.17) is 0 Å². The minimum absolute atomic E-state index is 0.0301. The van der Waals surface area contributed by atoms with Crippen LogP contribution in [0.4, 0.5) is 0 Å². The summed E-state index contributed by atoms with van der Waals surface area (Å²) in [6, 6.07) is 0. The lowest BCUT2D eigenvalue weighted by atomic mass is 9.79. The van der Waals surface area contributed by atoms with E-state index in [1.54, 1.807) is 0 Å². The van der Waals surface area contributed by atoms with Crippen LogP contribution in [0.5, 0.6) is 0 Å². The molecule has 1 heterocycles. The van der Waals surface area contributed by atoms with Gasteiger partial charge in [0.1, 0.15) is 5.54 Å². The first-order valence-electron chi connectivity index (χ1n) is 8.78. The highest BCUT2D eigenvalue weighted by Crippen LogP contribution is 2.32. The molecule has 1 spiro atoms. The fourth-order valence-electron chi connectivity index (χ4n) is 3.67. The molecule has 0 unspecified atom stereocenters. The first kappa shape index (κ1) is 16.3. The predicted octanol–water partition coefficient (Wildman–Crippen LogP) is 3.01. The Hall–Kier alpha value is -1.06. The van der Waals surface area contributed by atoms with Gasteiger partial charge in [-0.05, 0) is 19.3 Å². The van der Waals surface area contributed by atoms with Gasteiger partial charge in [0.25, 0.3) is 0 Å². The number of nitrogens with one attached hydrogen (secondary N) is 1. The van der Waals surface area contributed by atoms with E-state index in [0.717, 1.165) is 38.6 Å². The smallest absolute Gasteiger partial charge is 0.248 e. The number of carbonyl (C=O) groups is 2. The van der Waals surface area contributed by atoms with Gasteiger partial charge in [-0.1, -0.05) is 58.3 Å². The third-order valence-electron chi connectivity index (χ3n) is 4.90. The number of amides is 2. The molecular weight excluding hydrogens is 264 g/mol. The fraction of sp³-hybridized carbons (Fsp3) is 0.882. The maximum atomic E-state index is 12.7. The van der Waals surface area contributed by atoms with Crippen molar-refractivity contribution in [3.05, 3.63) is 0 Å². The van der Waals surface area contributed by atoms with Crippen LogP contribution in [0.1, 0.15) is 77.6 Å². The summed E-state index contributed by atoms with van der Waals surface area (Å²) in [6.07, 6.45) is 12.2. The van der Waals surface area contributed by atoms with Crippen molar-refractivity contribution in [3.8, 4) is 0 Å². The average Bonchev–Trinajstić information content (AvgIpc) is 2.48. The molecular formula is C17H30N2O2. The zero-order valence-corrected chi connectivity index (χ0v) is 13.5. The third kappa shape index (κ3) is 4.21. The lowest BCUT2D eigenvalue weighted by Gasteiger charge is -2.44. The van der Waals surface area contributed by atoms with Gasteiger partial charge in [-0.2, -0.15) is 0 Å². The minimum atomic E-state index is -0.560. The largest absolute Gasteiger partial charge is 0.340 e. The number of piperazine rings is 1. The second-order valence-corrected chi connectivity index (χ2v) is 6.69. The quantitative estimate of drug-likeness (QED) is 0.734. The molecule has 1 aliphatic heterocycles. The standard InChI is InChI=1S/C17H30N2O2/c1-2-3-4-5-6-10-13-19-14-15(20)18-17(16(19)21)11-8-7-9-12-17/h2-14H2,1H3,(H,18,20). The zero-order valence-electron chi connectivity index (χ0n) is 13.5. The van der Waals surface area contributed by atoms with Crippen molar-refractivity contribution < 1.29 is 9.59 Å². The molecule has 2 aliphatic rings. The van der Waals surface area contributed by atoms with E-state index >= 15 is 0 Å². The van der Waals surface area contributed by atoms with Crippen LogP contribution < -0.4 is 5.32 Å².